The SMILES string of the molecule is COc1cc(C2c3c(oc4cc(C)cc(C)c4c3=O)C(=O)N2Cc2ccc(F)cc2)ccc1O. The highest BCUT2D eigenvalue weighted by Crippen LogP contribution is 2.41. The van der Waals surface area contributed by atoms with Crippen LogP contribution in [0.5, 0.6) is 11.5 Å². The zero-order valence-electron chi connectivity index (χ0n) is 18.9. The Labute approximate surface area is 194 Å². The summed E-state index contributed by atoms with van der Waals surface area (Å²) in [5.41, 5.74) is 3.28. The highest BCUT2D eigenvalue weighted by atomic mass is 19.1. The maximum Gasteiger partial charge on any atom is 0.291 e. The van der Waals surface area contributed by atoms with E-state index in [1.54, 1.807) is 30.3 Å². The molecule has 1 aliphatic rings. The predicted octanol–water partition coefficient (Wildman–Crippen LogP) is 5.01. The summed E-state index contributed by atoms with van der Waals surface area (Å²) < 4.78 is 24.8. The third kappa shape index (κ3) is 3.41. The van der Waals surface area contributed by atoms with E-state index in [2.05, 4.69) is 0 Å². The molecule has 0 saturated carbocycles. The molecule has 0 fully saturated rings. The van der Waals surface area contributed by atoms with E-state index in [0.29, 0.717) is 22.1 Å². The quantitative estimate of drug-likeness (QED) is 0.464. The second-order valence-corrected chi connectivity index (χ2v) is 8.52. The number of hydrogen-bond donors (Lipinski definition) is 1. The van der Waals surface area contributed by atoms with E-state index in [4.69, 9.17) is 9.15 Å². The number of fused-ring (bicyclic) bond motifs is 2. The number of carbonyl (C=O) groups excluding carboxylic acids is 1. The first-order valence-electron chi connectivity index (χ1n) is 10.8. The Morgan fingerprint density at radius 1 is 1.06 bits per heavy atom. The van der Waals surface area contributed by atoms with Crippen molar-refractivity contribution in [1.29, 1.82) is 0 Å². The summed E-state index contributed by atoms with van der Waals surface area (Å²) in [6, 6.07) is 13.4. The lowest BCUT2D eigenvalue weighted by Gasteiger charge is -2.25. The van der Waals surface area contributed by atoms with Crippen molar-refractivity contribution in [3.63, 3.8) is 0 Å². The lowest BCUT2D eigenvalue weighted by atomic mass is 9.96. The summed E-state index contributed by atoms with van der Waals surface area (Å²) in [6.45, 7) is 3.86. The van der Waals surface area contributed by atoms with Crippen LogP contribution in [-0.4, -0.2) is 23.0 Å². The van der Waals surface area contributed by atoms with Crippen molar-refractivity contribution in [2.75, 3.05) is 7.11 Å². The van der Waals surface area contributed by atoms with E-state index >= 15 is 0 Å². The molecule has 7 heteroatoms. The molecule has 2 heterocycles. The largest absolute Gasteiger partial charge is 0.504 e. The van der Waals surface area contributed by atoms with Crippen LogP contribution < -0.4 is 10.2 Å². The van der Waals surface area contributed by atoms with Crippen LogP contribution in [0, 0.1) is 19.7 Å². The number of aryl methyl sites for hydroxylation is 2. The molecule has 1 unspecified atom stereocenters. The lowest BCUT2D eigenvalue weighted by molar-refractivity contribution is 0.0714. The number of hydrogen-bond acceptors (Lipinski definition) is 5. The molecule has 1 N–H and O–H groups in total. The van der Waals surface area contributed by atoms with Gasteiger partial charge in [-0.3, -0.25) is 9.59 Å². The van der Waals surface area contributed by atoms with Crippen molar-refractivity contribution in [1.82, 2.24) is 4.90 Å². The maximum absolute atomic E-state index is 13.8. The van der Waals surface area contributed by atoms with Crippen LogP contribution in [0.3, 0.4) is 0 Å². The third-order valence-corrected chi connectivity index (χ3v) is 6.20. The number of carbonyl (C=O) groups is 1. The van der Waals surface area contributed by atoms with E-state index in [9.17, 15) is 19.1 Å². The van der Waals surface area contributed by atoms with Crippen LogP contribution in [0.1, 0.15) is 44.4 Å². The van der Waals surface area contributed by atoms with Crippen LogP contribution in [0.15, 0.2) is 63.8 Å². The van der Waals surface area contributed by atoms with Gasteiger partial charge in [-0.1, -0.05) is 24.3 Å². The summed E-state index contributed by atoms with van der Waals surface area (Å²) in [4.78, 5) is 28.9. The molecule has 0 bridgehead atoms. The lowest BCUT2D eigenvalue weighted by Crippen LogP contribution is -2.29. The van der Waals surface area contributed by atoms with E-state index in [1.165, 1.54) is 30.2 Å². The molecule has 5 rings (SSSR count). The number of phenolic OH excluding ortho intramolecular Hbond substituents is 1. The van der Waals surface area contributed by atoms with Crippen LogP contribution in [0.25, 0.3) is 11.0 Å². The zero-order valence-corrected chi connectivity index (χ0v) is 18.9. The molecule has 172 valence electrons. The Hall–Kier alpha value is -4.13. The van der Waals surface area contributed by atoms with Crippen LogP contribution >= 0.6 is 0 Å². The number of nitrogens with zero attached hydrogens (tertiary/aromatic N) is 1. The summed E-state index contributed by atoms with van der Waals surface area (Å²) in [7, 11) is 1.43. The maximum atomic E-state index is 13.8. The van der Waals surface area contributed by atoms with Crippen molar-refractivity contribution in [3.05, 3.63) is 104 Å². The fourth-order valence-electron chi connectivity index (χ4n) is 4.67. The molecule has 6 nitrogen and oxygen atoms in total. The second-order valence-electron chi connectivity index (χ2n) is 8.52. The van der Waals surface area contributed by atoms with Crippen molar-refractivity contribution in [2.45, 2.75) is 26.4 Å². The van der Waals surface area contributed by atoms with Gasteiger partial charge in [0.1, 0.15) is 11.4 Å². The molecule has 1 amide bonds. The van der Waals surface area contributed by atoms with Crippen LogP contribution in [0.2, 0.25) is 0 Å². The minimum Gasteiger partial charge on any atom is -0.504 e. The fourth-order valence-corrected chi connectivity index (χ4v) is 4.67. The van der Waals surface area contributed by atoms with Gasteiger partial charge in [-0.15, -0.1) is 0 Å². The molecule has 1 aliphatic heterocycles. The average molecular weight is 459 g/mol. The molecule has 34 heavy (non-hydrogen) atoms. The third-order valence-electron chi connectivity index (χ3n) is 6.20. The summed E-state index contributed by atoms with van der Waals surface area (Å²) >= 11 is 0. The molecule has 0 radical (unpaired) electrons. The number of aromatic hydroxyl groups is 1. The van der Waals surface area contributed by atoms with Crippen molar-refractivity contribution in [2.24, 2.45) is 0 Å². The van der Waals surface area contributed by atoms with E-state index < -0.39 is 11.9 Å². The second kappa shape index (κ2) is 8.02. The molecule has 0 spiro atoms. The molecule has 0 saturated heterocycles. The molecule has 1 aromatic heterocycles. The Morgan fingerprint density at radius 2 is 1.79 bits per heavy atom. The van der Waals surface area contributed by atoms with Crippen LogP contribution in [-0.2, 0) is 6.54 Å². The van der Waals surface area contributed by atoms with Crippen molar-refractivity contribution in [3.8, 4) is 11.5 Å². The number of benzene rings is 3. The molecule has 0 aliphatic carbocycles. The Morgan fingerprint density at radius 3 is 2.50 bits per heavy atom. The first-order chi connectivity index (χ1) is 16.3. The van der Waals surface area contributed by atoms with E-state index in [1.807, 2.05) is 19.9 Å². The van der Waals surface area contributed by atoms with Crippen molar-refractivity contribution < 1.29 is 23.4 Å². The number of phenols is 1. The molecule has 3 aromatic carbocycles. The normalized spacial score (nSPS) is 15.1. The Kier molecular flexibility index (Phi) is 5.12. The first kappa shape index (κ1) is 21.7. The van der Waals surface area contributed by atoms with Crippen molar-refractivity contribution >= 4 is 16.9 Å². The molecular formula is C27H22FNO5. The fraction of sp³-hybridized carbons (Fsp3) is 0.185. The minimum atomic E-state index is -0.775. The minimum absolute atomic E-state index is 0.0124. The number of ether oxygens (including phenoxy) is 1. The van der Waals surface area contributed by atoms with Gasteiger partial charge in [0.05, 0.1) is 24.1 Å². The Bertz CT molecular complexity index is 1510. The first-order valence-corrected chi connectivity index (χ1v) is 10.8. The highest BCUT2D eigenvalue weighted by Gasteiger charge is 2.43. The van der Waals surface area contributed by atoms with Gasteiger partial charge in [0.15, 0.2) is 16.9 Å². The van der Waals surface area contributed by atoms with Gasteiger partial charge in [0, 0.05) is 6.54 Å². The van der Waals surface area contributed by atoms with Gasteiger partial charge in [0.2, 0.25) is 5.76 Å². The summed E-state index contributed by atoms with van der Waals surface area (Å²) in [6.07, 6.45) is 0. The monoisotopic (exact) mass is 459 g/mol. The highest BCUT2D eigenvalue weighted by molar-refractivity contribution is 5.99. The van der Waals surface area contributed by atoms with E-state index in [-0.39, 0.29) is 40.6 Å². The van der Waals surface area contributed by atoms with Gasteiger partial charge in [-0.2, -0.15) is 0 Å². The van der Waals surface area contributed by atoms with Gasteiger partial charge < -0.3 is 19.2 Å². The topological polar surface area (TPSA) is 80.0 Å². The van der Waals surface area contributed by atoms with Crippen LogP contribution in [0.4, 0.5) is 4.39 Å². The predicted molar refractivity (Wildman–Crippen MR) is 125 cm³/mol. The van der Waals surface area contributed by atoms with Gasteiger partial charge in [-0.25, -0.2) is 4.39 Å². The summed E-state index contributed by atoms with van der Waals surface area (Å²) in [5, 5.41) is 10.5. The van der Waals surface area contributed by atoms with Gasteiger partial charge in [-0.05, 0) is 66.4 Å². The number of halogens is 1. The Balaban J connectivity index is 1.76. The zero-order chi connectivity index (χ0) is 24.1. The van der Waals surface area contributed by atoms with Gasteiger partial charge in [0.25, 0.3) is 5.91 Å². The molecular weight excluding hydrogens is 437 g/mol. The number of methoxy groups -OCH3 is 1. The molecule has 4 aromatic rings. The summed E-state index contributed by atoms with van der Waals surface area (Å²) in [5.74, 6) is -0.667. The number of amides is 1. The smallest absolute Gasteiger partial charge is 0.291 e. The standard InChI is InChI=1S/C27H22FNO5/c1-14-10-15(2)22-21(11-14)34-26-23(25(22)31)24(17-6-9-19(30)20(12-17)33-3)29(27(26)32)13-16-4-7-18(28)8-5-16/h4-12,24,30H,13H2,1-3H3. The number of rotatable bonds is 4. The average Bonchev–Trinajstić information content (AvgIpc) is 3.07. The van der Waals surface area contributed by atoms with E-state index in [0.717, 1.165) is 11.1 Å². The van der Waals surface area contributed by atoms with Gasteiger partial charge >= 0.3 is 0 Å². The molecule has 1 atom stereocenters.